The third-order valence-corrected chi connectivity index (χ3v) is 7.94. The first kappa shape index (κ1) is 21.7. The molecule has 0 fully saturated rings. The second kappa shape index (κ2) is 8.91. The molecule has 1 aliphatic carbocycles. The van der Waals surface area contributed by atoms with Gasteiger partial charge >= 0.3 is 0 Å². The Morgan fingerprint density at radius 1 is 1.23 bits per heavy atom. The molecule has 0 unspecified atom stereocenters. The summed E-state index contributed by atoms with van der Waals surface area (Å²) in [6.07, 6.45) is 2.39. The van der Waals surface area contributed by atoms with Crippen LogP contribution in [0.2, 0.25) is 5.02 Å². The molecule has 1 heterocycles. The van der Waals surface area contributed by atoms with Gasteiger partial charge in [-0.05, 0) is 54.7 Å². The molecule has 162 valence electrons. The van der Waals surface area contributed by atoms with Crippen molar-refractivity contribution in [1.82, 2.24) is 14.9 Å². The molecule has 0 saturated heterocycles. The van der Waals surface area contributed by atoms with Crippen molar-refractivity contribution in [2.45, 2.75) is 29.6 Å². The summed E-state index contributed by atoms with van der Waals surface area (Å²) in [6, 6.07) is 11.8. The maximum absolute atomic E-state index is 12.9. The van der Waals surface area contributed by atoms with Gasteiger partial charge in [0.25, 0.3) is 15.9 Å². The Kier molecular flexibility index (Phi) is 6.24. The molecule has 3 aromatic rings. The molecule has 1 atom stereocenters. The molecular formula is C20H19ClN4O4S2. The molecule has 8 nitrogen and oxygen atoms in total. The lowest BCUT2D eigenvalue weighted by Crippen LogP contribution is -2.31. The Morgan fingerprint density at radius 2 is 2.03 bits per heavy atom. The number of ether oxygens (including phenoxy) is 1. The molecule has 0 aliphatic heterocycles. The quantitative estimate of drug-likeness (QED) is 0.521. The zero-order chi connectivity index (χ0) is 22.0. The number of halogens is 1. The van der Waals surface area contributed by atoms with Crippen LogP contribution in [0.25, 0.3) is 0 Å². The number of sulfonamides is 1. The Morgan fingerprint density at radius 3 is 2.81 bits per heavy atom. The fraction of sp³-hybridized carbons (Fsp3) is 0.250. The summed E-state index contributed by atoms with van der Waals surface area (Å²) in [5.74, 6) is 0.249. The summed E-state index contributed by atoms with van der Waals surface area (Å²) >= 11 is 6.80. The summed E-state index contributed by atoms with van der Waals surface area (Å²) in [4.78, 5) is 12.4. The SMILES string of the molecule is COc1ccc2c(c1)CCC[C@H]2NS(=O)(=O)c1nnc(NC(=O)c2ccccc2Cl)s1. The summed E-state index contributed by atoms with van der Waals surface area (Å²) in [5.41, 5.74) is 2.24. The minimum Gasteiger partial charge on any atom is -0.497 e. The number of nitrogens with zero attached hydrogens (tertiary/aromatic N) is 2. The summed E-state index contributed by atoms with van der Waals surface area (Å²) in [5, 5.41) is 10.4. The second-order valence-corrected chi connectivity index (χ2v) is 10.2. The standard InChI is InChI=1S/C20H19ClN4O4S2/c1-29-13-9-10-14-12(11-13)5-4-8-17(14)25-31(27,28)20-24-23-19(30-20)22-18(26)15-6-2-3-7-16(15)21/h2-3,6-7,9-11,17,25H,4-5,8H2,1H3,(H,22,23,26)/t17-/m1/s1. The number of hydrogen-bond donors (Lipinski definition) is 2. The highest BCUT2D eigenvalue weighted by Gasteiger charge is 2.29. The number of benzene rings is 2. The Labute approximate surface area is 188 Å². The molecule has 31 heavy (non-hydrogen) atoms. The van der Waals surface area contributed by atoms with Crippen LogP contribution < -0.4 is 14.8 Å². The van der Waals surface area contributed by atoms with Crippen LogP contribution in [0.4, 0.5) is 5.13 Å². The van der Waals surface area contributed by atoms with Crippen LogP contribution in [-0.4, -0.2) is 31.6 Å². The van der Waals surface area contributed by atoms with Gasteiger partial charge in [-0.3, -0.25) is 10.1 Å². The number of nitrogens with one attached hydrogen (secondary N) is 2. The van der Waals surface area contributed by atoms with Crippen LogP contribution in [0, 0.1) is 0 Å². The van der Waals surface area contributed by atoms with Crippen LogP contribution >= 0.6 is 22.9 Å². The first-order chi connectivity index (χ1) is 14.9. The number of anilines is 1. The average Bonchev–Trinajstić information content (AvgIpc) is 3.23. The second-order valence-electron chi connectivity index (χ2n) is 6.94. The largest absolute Gasteiger partial charge is 0.497 e. The van der Waals surface area contributed by atoms with Gasteiger partial charge in [0.05, 0.1) is 17.7 Å². The summed E-state index contributed by atoms with van der Waals surface area (Å²) < 4.78 is 33.5. The number of amides is 1. The minimum atomic E-state index is -3.92. The van der Waals surface area contributed by atoms with Crippen molar-refractivity contribution in [3.8, 4) is 5.75 Å². The van der Waals surface area contributed by atoms with Crippen molar-refractivity contribution in [1.29, 1.82) is 0 Å². The molecule has 0 bridgehead atoms. The first-order valence-electron chi connectivity index (χ1n) is 9.46. The van der Waals surface area contributed by atoms with Crippen molar-refractivity contribution in [3.63, 3.8) is 0 Å². The monoisotopic (exact) mass is 478 g/mol. The van der Waals surface area contributed by atoms with E-state index >= 15 is 0 Å². The van der Waals surface area contributed by atoms with Crippen molar-refractivity contribution in [2.24, 2.45) is 0 Å². The lowest BCUT2D eigenvalue weighted by Gasteiger charge is -2.26. The predicted octanol–water partition coefficient (Wildman–Crippen LogP) is 3.81. The summed E-state index contributed by atoms with van der Waals surface area (Å²) in [6.45, 7) is 0. The smallest absolute Gasteiger partial charge is 0.270 e. The van der Waals surface area contributed by atoms with E-state index in [0.29, 0.717) is 6.42 Å². The number of carbonyl (C=O) groups is 1. The van der Waals surface area contributed by atoms with E-state index in [2.05, 4.69) is 20.2 Å². The van der Waals surface area contributed by atoms with Gasteiger partial charge in [-0.25, -0.2) is 13.1 Å². The maximum atomic E-state index is 12.9. The Bertz CT molecular complexity index is 1230. The maximum Gasteiger partial charge on any atom is 0.270 e. The molecule has 1 amide bonds. The van der Waals surface area contributed by atoms with Gasteiger partial charge < -0.3 is 4.74 Å². The van der Waals surface area contributed by atoms with Gasteiger partial charge in [0.2, 0.25) is 9.47 Å². The van der Waals surface area contributed by atoms with Gasteiger partial charge in [-0.15, -0.1) is 10.2 Å². The molecule has 1 aliphatic rings. The van der Waals surface area contributed by atoms with Crippen molar-refractivity contribution >= 4 is 44.0 Å². The number of aryl methyl sites for hydroxylation is 1. The molecule has 11 heteroatoms. The van der Waals surface area contributed by atoms with Gasteiger partial charge in [-0.2, -0.15) is 0 Å². The molecule has 4 rings (SSSR count). The highest BCUT2D eigenvalue weighted by Crippen LogP contribution is 2.33. The fourth-order valence-electron chi connectivity index (χ4n) is 3.46. The van der Waals surface area contributed by atoms with Crippen molar-refractivity contribution < 1.29 is 17.9 Å². The molecule has 2 aromatic carbocycles. The Balaban J connectivity index is 1.50. The van der Waals surface area contributed by atoms with Crippen LogP contribution in [0.1, 0.15) is 40.4 Å². The van der Waals surface area contributed by atoms with E-state index in [9.17, 15) is 13.2 Å². The first-order valence-corrected chi connectivity index (χ1v) is 12.1. The minimum absolute atomic E-state index is 0.0686. The highest BCUT2D eigenvalue weighted by atomic mass is 35.5. The highest BCUT2D eigenvalue weighted by molar-refractivity contribution is 7.91. The van der Waals surface area contributed by atoms with E-state index in [1.807, 2.05) is 18.2 Å². The fourth-order valence-corrected chi connectivity index (χ4v) is 5.84. The van der Waals surface area contributed by atoms with Crippen LogP contribution in [0.3, 0.4) is 0 Å². The molecule has 0 saturated carbocycles. The number of aromatic nitrogens is 2. The van der Waals surface area contributed by atoms with E-state index in [0.717, 1.165) is 41.1 Å². The average molecular weight is 479 g/mol. The van der Waals surface area contributed by atoms with E-state index in [1.165, 1.54) is 0 Å². The number of methoxy groups -OCH3 is 1. The van der Waals surface area contributed by atoms with E-state index in [4.69, 9.17) is 16.3 Å². The lowest BCUT2D eigenvalue weighted by atomic mass is 9.88. The lowest BCUT2D eigenvalue weighted by molar-refractivity contribution is 0.102. The normalized spacial score (nSPS) is 15.9. The molecular weight excluding hydrogens is 460 g/mol. The third-order valence-electron chi connectivity index (χ3n) is 4.94. The van der Waals surface area contributed by atoms with Crippen LogP contribution in [-0.2, 0) is 16.4 Å². The van der Waals surface area contributed by atoms with Gasteiger partial charge in [-0.1, -0.05) is 41.1 Å². The van der Waals surface area contributed by atoms with E-state index in [-0.39, 0.29) is 26.1 Å². The zero-order valence-corrected chi connectivity index (χ0v) is 18.9. The third kappa shape index (κ3) is 4.72. The van der Waals surface area contributed by atoms with Crippen molar-refractivity contribution in [3.05, 3.63) is 64.2 Å². The van der Waals surface area contributed by atoms with E-state index < -0.39 is 15.9 Å². The number of carbonyl (C=O) groups excluding carboxylic acids is 1. The summed E-state index contributed by atoms with van der Waals surface area (Å²) in [7, 11) is -2.32. The van der Waals surface area contributed by atoms with E-state index in [1.54, 1.807) is 31.4 Å². The molecule has 2 N–H and O–H groups in total. The number of fused-ring (bicyclic) bond motifs is 1. The molecule has 0 spiro atoms. The van der Waals surface area contributed by atoms with Crippen LogP contribution in [0.5, 0.6) is 5.75 Å². The molecule has 1 aromatic heterocycles. The van der Waals surface area contributed by atoms with Gasteiger partial charge in [0.15, 0.2) is 0 Å². The van der Waals surface area contributed by atoms with Gasteiger partial charge in [0.1, 0.15) is 5.75 Å². The number of rotatable bonds is 6. The van der Waals surface area contributed by atoms with Gasteiger partial charge in [0, 0.05) is 6.04 Å². The number of hydrogen-bond acceptors (Lipinski definition) is 7. The Hall–Kier alpha value is -2.53. The predicted molar refractivity (Wildman–Crippen MR) is 118 cm³/mol. The zero-order valence-electron chi connectivity index (χ0n) is 16.5. The van der Waals surface area contributed by atoms with Crippen LogP contribution in [0.15, 0.2) is 46.8 Å². The molecule has 0 radical (unpaired) electrons. The topological polar surface area (TPSA) is 110 Å². The van der Waals surface area contributed by atoms with Crippen molar-refractivity contribution in [2.75, 3.05) is 12.4 Å².